The molecule has 0 saturated heterocycles. The van der Waals surface area contributed by atoms with Crippen molar-refractivity contribution in [2.75, 3.05) is 0 Å². The van der Waals surface area contributed by atoms with E-state index in [1.54, 1.807) is 0 Å². The Hall–Kier alpha value is -1.68. The van der Waals surface area contributed by atoms with E-state index in [-0.39, 0.29) is 20.4 Å². The summed E-state index contributed by atoms with van der Waals surface area (Å²) >= 11 is 0. The van der Waals surface area contributed by atoms with Crippen molar-refractivity contribution in [3.05, 3.63) is 91.0 Å². The summed E-state index contributed by atoms with van der Waals surface area (Å²) in [4.78, 5) is 0. The van der Waals surface area contributed by atoms with Crippen LogP contribution in [0.3, 0.4) is 0 Å². The average Bonchev–Trinajstić information content (AvgIpc) is 2.62. The summed E-state index contributed by atoms with van der Waals surface area (Å²) in [5, 5.41) is 4.19. The van der Waals surface area contributed by atoms with Crippen LogP contribution < -0.4 is 15.9 Å². The maximum Gasteiger partial charge on any atom is 2.00 e. The van der Waals surface area contributed by atoms with Crippen LogP contribution in [0.5, 0.6) is 0 Å². The van der Waals surface area contributed by atoms with Crippen LogP contribution >= 0.6 is 7.92 Å². The zero-order valence-corrected chi connectivity index (χ0v) is 17.6. The van der Waals surface area contributed by atoms with Crippen LogP contribution in [-0.4, -0.2) is 14.5 Å². The number of halogens is 8. The second kappa shape index (κ2) is 13.6. The zero-order valence-electron chi connectivity index (χ0n) is 15.1. The summed E-state index contributed by atoms with van der Waals surface area (Å²) in [5.74, 6) is 0. The molecule has 3 rings (SSSR count). The molecule has 0 bridgehead atoms. The molecular weight excluding hydrogens is 527 g/mol. The summed E-state index contributed by atoms with van der Waals surface area (Å²) in [6.45, 7) is 0. The van der Waals surface area contributed by atoms with E-state index < -0.39 is 22.4 Å². The van der Waals surface area contributed by atoms with Gasteiger partial charge in [0.2, 0.25) is 0 Å². The standard InChI is InChI=1S/C18H15P.2BF4.Pd/c1-4-10-16(11-5-1)19(17-12-6-2-7-13-17)18-14-8-3-9-15-18;2*2-1(3,4)5;/h1-15H;;;/q;2*-1;+2. The summed E-state index contributed by atoms with van der Waals surface area (Å²) in [5.41, 5.74) is 0. The van der Waals surface area contributed by atoms with Gasteiger partial charge in [0.1, 0.15) is 0 Å². The number of hydrogen-bond donors (Lipinski definition) is 0. The number of rotatable bonds is 3. The first-order valence-corrected chi connectivity index (χ1v) is 9.49. The Morgan fingerprint density at radius 3 is 0.733 bits per heavy atom. The molecule has 3 aromatic carbocycles. The van der Waals surface area contributed by atoms with Gasteiger partial charge in [-0.2, -0.15) is 0 Å². The van der Waals surface area contributed by atoms with Crippen LogP contribution in [0.2, 0.25) is 0 Å². The first kappa shape index (κ1) is 28.3. The minimum absolute atomic E-state index is 0. The monoisotopic (exact) mass is 542 g/mol. The minimum Gasteiger partial charge on any atom is -0.418 e. The first-order chi connectivity index (χ1) is 13.4. The van der Waals surface area contributed by atoms with Gasteiger partial charge in [0.15, 0.2) is 0 Å². The topological polar surface area (TPSA) is 0 Å². The molecular formula is C18H15B2F8PPd. The fourth-order valence-electron chi connectivity index (χ4n) is 2.18. The maximum atomic E-state index is 9.75. The van der Waals surface area contributed by atoms with Crippen molar-refractivity contribution in [3.8, 4) is 0 Å². The van der Waals surface area contributed by atoms with E-state index in [1.807, 2.05) is 0 Å². The van der Waals surface area contributed by atoms with E-state index in [0.29, 0.717) is 0 Å². The van der Waals surface area contributed by atoms with Gasteiger partial charge in [-0.05, 0) is 23.8 Å². The van der Waals surface area contributed by atoms with Crippen LogP contribution in [0.1, 0.15) is 0 Å². The Morgan fingerprint density at radius 2 is 0.567 bits per heavy atom. The van der Waals surface area contributed by atoms with E-state index in [4.69, 9.17) is 0 Å². The van der Waals surface area contributed by atoms with Gasteiger partial charge in [-0.25, -0.2) is 0 Å². The molecule has 0 N–H and O–H groups in total. The van der Waals surface area contributed by atoms with Gasteiger partial charge >= 0.3 is 34.9 Å². The van der Waals surface area contributed by atoms with Crippen LogP contribution in [0.15, 0.2) is 91.0 Å². The number of hydrogen-bond acceptors (Lipinski definition) is 0. The van der Waals surface area contributed by atoms with Gasteiger partial charge in [0, 0.05) is 0 Å². The van der Waals surface area contributed by atoms with Crippen molar-refractivity contribution in [1.82, 2.24) is 0 Å². The molecule has 0 saturated carbocycles. The fraction of sp³-hybridized carbons (Fsp3) is 0. The van der Waals surface area contributed by atoms with Gasteiger partial charge in [0.05, 0.1) is 0 Å². The van der Waals surface area contributed by atoms with Gasteiger partial charge < -0.3 is 34.5 Å². The van der Waals surface area contributed by atoms with E-state index in [2.05, 4.69) is 91.0 Å². The molecule has 0 atom stereocenters. The smallest absolute Gasteiger partial charge is 0.418 e. The quantitative estimate of drug-likeness (QED) is 0.215. The third-order valence-electron chi connectivity index (χ3n) is 3.04. The number of benzene rings is 3. The van der Waals surface area contributed by atoms with Crippen LogP contribution in [0, 0.1) is 0 Å². The van der Waals surface area contributed by atoms with Gasteiger partial charge in [-0.3, -0.25) is 0 Å². The van der Waals surface area contributed by atoms with Gasteiger partial charge in [0.25, 0.3) is 0 Å². The predicted molar refractivity (Wildman–Crippen MR) is 106 cm³/mol. The molecule has 164 valence electrons. The van der Waals surface area contributed by atoms with Crippen LogP contribution in [0.4, 0.5) is 34.5 Å². The maximum absolute atomic E-state index is 9.75. The SMILES string of the molecule is F[B-](F)(F)F.F[B-](F)(F)F.[Pd+2].c1ccc(P(c2ccccc2)c2ccccc2)cc1. The van der Waals surface area contributed by atoms with Crippen molar-refractivity contribution in [2.45, 2.75) is 0 Å². The van der Waals surface area contributed by atoms with E-state index in [9.17, 15) is 34.5 Å². The van der Waals surface area contributed by atoms with E-state index in [1.165, 1.54) is 15.9 Å². The molecule has 0 nitrogen and oxygen atoms in total. The Labute approximate surface area is 184 Å². The summed E-state index contributed by atoms with van der Waals surface area (Å²) < 4.78 is 78.0. The second-order valence-corrected chi connectivity index (χ2v) is 7.55. The van der Waals surface area contributed by atoms with Crippen LogP contribution in [0.25, 0.3) is 0 Å². The van der Waals surface area contributed by atoms with Crippen molar-refractivity contribution < 1.29 is 54.9 Å². The first-order valence-electron chi connectivity index (χ1n) is 8.15. The third kappa shape index (κ3) is 14.3. The molecule has 0 amide bonds. The second-order valence-electron chi connectivity index (χ2n) is 5.33. The summed E-state index contributed by atoms with van der Waals surface area (Å²) in [7, 11) is -12.4. The van der Waals surface area contributed by atoms with Gasteiger partial charge in [-0.15, -0.1) is 0 Å². The molecule has 0 aliphatic rings. The molecule has 0 fully saturated rings. The molecule has 0 aliphatic carbocycles. The molecule has 12 heteroatoms. The summed E-state index contributed by atoms with van der Waals surface area (Å²) in [6, 6.07) is 32.3. The van der Waals surface area contributed by atoms with Gasteiger partial charge in [-0.1, -0.05) is 91.0 Å². The minimum atomic E-state index is -6.00. The fourth-order valence-corrected chi connectivity index (χ4v) is 4.48. The summed E-state index contributed by atoms with van der Waals surface area (Å²) in [6.07, 6.45) is 0. The zero-order chi connectivity index (χ0) is 21.9. The molecule has 0 heterocycles. The Kier molecular flexibility index (Phi) is 12.8. The molecule has 0 spiro atoms. The van der Waals surface area contributed by atoms with E-state index in [0.717, 1.165) is 0 Å². The molecule has 0 aliphatic heterocycles. The Morgan fingerprint density at radius 1 is 0.400 bits per heavy atom. The molecule has 3 aromatic rings. The average molecular weight is 542 g/mol. The van der Waals surface area contributed by atoms with Crippen molar-refractivity contribution in [2.24, 2.45) is 0 Å². The van der Waals surface area contributed by atoms with E-state index >= 15 is 0 Å². The molecule has 30 heavy (non-hydrogen) atoms. The largest absolute Gasteiger partial charge is 2.00 e. The molecule has 0 radical (unpaired) electrons. The van der Waals surface area contributed by atoms with Crippen molar-refractivity contribution in [3.63, 3.8) is 0 Å². The predicted octanol–water partition coefficient (Wildman–Crippen LogP) is 6.04. The van der Waals surface area contributed by atoms with Crippen molar-refractivity contribution in [1.29, 1.82) is 0 Å². The molecule has 0 aromatic heterocycles. The normalized spacial score (nSPS) is 10.7. The van der Waals surface area contributed by atoms with Crippen LogP contribution in [-0.2, 0) is 20.4 Å². The van der Waals surface area contributed by atoms with Crippen molar-refractivity contribution >= 4 is 38.3 Å². The third-order valence-corrected chi connectivity index (χ3v) is 5.49. The Bertz CT molecular complexity index is 700. The Balaban J connectivity index is 0.000000646. The molecule has 0 unspecified atom stereocenters.